The number of nitrogens with one attached hydrogen (secondary N) is 1. The average Bonchev–Trinajstić information content (AvgIpc) is 3.20. The molecule has 8 heteroatoms. The van der Waals surface area contributed by atoms with Crippen LogP contribution < -0.4 is 9.46 Å². The molecular formula is C12H13N3O3S2. The molecule has 0 saturated heterocycles. The Morgan fingerprint density at radius 1 is 1.25 bits per heavy atom. The van der Waals surface area contributed by atoms with Crippen LogP contribution in [0.5, 0.6) is 5.75 Å². The molecule has 0 aliphatic heterocycles. The van der Waals surface area contributed by atoms with Crippen LogP contribution in [0.25, 0.3) is 0 Å². The summed E-state index contributed by atoms with van der Waals surface area (Å²) in [4.78, 5) is 0.168. The van der Waals surface area contributed by atoms with E-state index in [4.69, 9.17) is 4.74 Å². The smallest absolute Gasteiger partial charge is 0.263 e. The van der Waals surface area contributed by atoms with Crippen molar-refractivity contribution < 1.29 is 13.2 Å². The average molecular weight is 311 g/mol. The first kappa shape index (κ1) is 13.3. The first-order chi connectivity index (χ1) is 9.58. The molecule has 6 nitrogen and oxygen atoms in total. The summed E-state index contributed by atoms with van der Waals surface area (Å²) in [6, 6.07) is 6.18. The van der Waals surface area contributed by atoms with Crippen molar-refractivity contribution in [2.24, 2.45) is 0 Å². The molecule has 0 radical (unpaired) electrons. The van der Waals surface area contributed by atoms with Gasteiger partial charge in [-0.3, -0.25) is 4.72 Å². The predicted octanol–water partition coefficient (Wildman–Crippen LogP) is 2.22. The van der Waals surface area contributed by atoms with Crippen molar-refractivity contribution in [3.05, 3.63) is 29.3 Å². The van der Waals surface area contributed by atoms with Crippen LogP contribution in [0, 0.1) is 0 Å². The lowest BCUT2D eigenvalue weighted by Gasteiger charge is -2.05. The standard InChI is InChI=1S/C12H13N3O3S2/c1-18-9-4-6-10(7-5-9)20(16,17)15-12-14-13-11(19-12)8-2-3-8/h4-8H,2-3H2,1H3,(H,14,15). The van der Waals surface area contributed by atoms with Crippen molar-refractivity contribution in [2.75, 3.05) is 11.8 Å². The molecule has 1 aromatic carbocycles. The fourth-order valence-electron chi connectivity index (χ4n) is 1.70. The Bertz CT molecular complexity index is 706. The Morgan fingerprint density at radius 2 is 1.95 bits per heavy atom. The summed E-state index contributed by atoms with van der Waals surface area (Å²) in [6.07, 6.45) is 2.22. The van der Waals surface area contributed by atoms with Gasteiger partial charge in [-0.05, 0) is 37.1 Å². The van der Waals surface area contributed by atoms with Crippen LogP contribution >= 0.6 is 11.3 Å². The Kier molecular flexibility index (Phi) is 3.35. The Balaban J connectivity index is 1.79. The summed E-state index contributed by atoms with van der Waals surface area (Å²) in [5, 5.41) is 9.09. The molecule has 1 heterocycles. The number of hydrogen-bond acceptors (Lipinski definition) is 6. The highest BCUT2D eigenvalue weighted by Crippen LogP contribution is 2.42. The predicted molar refractivity (Wildman–Crippen MR) is 75.7 cm³/mol. The lowest BCUT2D eigenvalue weighted by Crippen LogP contribution is -2.12. The SMILES string of the molecule is COc1ccc(S(=O)(=O)Nc2nnc(C3CC3)s2)cc1. The van der Waals surface area contributed by atoms with Crippen molar-refractivity contribution in [3.8, 4) is 5.75 Å². The Hall–Kier alpha value is -1.67. The number of hydrogen-bond donors (Lipinski definition) is 1. The number of nitrogens with zero attached hydrogens (tertiary/aromatic N) is 2. The second-order valence-corrected chi connectivity index (χ2v) is 7.19. The number of rotatable bonds is 5. The van der Waals surface area contributed by atoms with Crippen LogP contribution in [0.1, 0.15) is 23.8 Å². The van der Waals surface area contributed by atoms with E-state index in [1.165, 1.54) is 30.6 Å². The number of ether oxygens (including phenoxy) is 1. The zero-order chi connectivity index (χ0) is 14.2. The molecule has 0 spiro atoms. The second-order valence-electron chi connectivity index (χ2n) is 4.50. The van der Waals surface area contributed by atoms with E-state index in [1.54, 1.807) is 12.1 Å². The molecule has 1 aliphatic carbocycles. The molecule has 1 aromatic heterocycles. The third-order valence-corrected chi connectivity index (χ3v) is 5.44. The van der Waals surface area contributed by atoms with Crippen molar-refractivity contribution in [3.63, 3.8) is 0 Å². The van der Waals surface area contributed by atoms with Gasteiger partial charge in [0.1, 0.15) is 10.8 Å². The normalized spacial score (nSPS) is 15.1. The summed E-state index contributed by atoms with van der Waals surface area (Å²) < 4.78 is 31.8. The molecule has 0 unspecified atom stereocenters. The van der Waals surface area contributed by atoms with E-state index >= 15 is 0 Å². The molecule has 1 N–H and O–H groups in total. The molecule has 1 saturated carbocycles. The van der Waals surface area contributed by atoms with Gasteiger partial charge in [-0.1, -0.05) is 11.3 Å². The zero-order valence-electron chi connectivity index (χ0n) is 10.7. The van der Waals surface area contributed by atoms with E-state index in [9.17, 15) is 8.42 Å². The molecule has 0 amide bonds. The van der Waals surface area contributed by atoms with E-state index in [0.29, 0.717) is 16.8 Å². The second kappa shape index (κ2) is 5.02. The number of aromatic nitrogens is 2. The monoisotopic (exact) mass is 311 g/mol. The van der Waals surface area contributed by atoms with Gasteiger partial charge in [0.15, 0.2) is 0 Å². The summed E-state index contributed by atoms with van der Waals surface area (Å²) in [5.74, 6) is 1.07. The van der Waals surface area contributed by atoms with E-state index in [1.807, 2.05) is 0 Å². The maximum atomic E-state index is 12.2. The van der Waals surface area contributed by atoms with Crippen LogP contribution in [0.4, 0.5) is 5.13 Å². The fourth-order valence-corrected chi connectivity index (χ4v) is 3.84. The van der Waals surface area contributed by atoms with Crippen molar-refractivity contribution >= 4 is 26.5 Å². The van der Waals surface area contributed by atoms with E-state index in [-0.39, 0.29) is 4.90 Å². The summed E-state index contributed by atoms with van der Waals surface area (Å²) in [7, 11) is -2.10. The van der Waals surface area contributed by atoms with Gasteiger partial charge in [0.05, 0.1) is 12.0 Å². The van der Waals surface area contributed by atoms with Crippen LogP contribution in [-0.4, -0.2) is 25.7 Å². The van der Waals surface area contributed by atoms with Gasteiger partial charge >= 0.3 is 0 Å². The minimum absolute atomic E-state index is 0.168. The highest BCUT2D eigenvalue weighted by molar-refractivity contribution is 7.93. The van der Waals surface area contributed by atoms with E-state index in [0.717, 1.165) is 17.8 Å². The molecule has 3 rings (SSSR count). The van der Waals surface area contributed by atoms with Gasteiger partial charge in [-0.15, -0.1) is 10.2 Å². The Morgan fingerprint density at radius 3 is 2.55 bits per heavy atom. The van der Waals surface area contributed by atoms with Crippen LogP contribution in [0.2, 0.25) is 0 Å². The zero-order valence-corrected chi connectivity index (χ0v) is 12.4. The first-order valence-corrected chi connectivity index (χ1v) is 8.39. The Labute approximate surface area is 120 Å². The maximum absolute atomic E-state index is 12.2. The largest absolute Gasteiger partial charge is 0.497 e. The summed E-state index contributed by atoms with van der Waals surface area (Å²) >= 11 is 1.30. The van der Waals surface area contributed by atoms with Gasteiger partial charge in [-0.25, -0.2) is 8.42 Å². The van der Waals surface area contributed by atoms with Crippen molar-refractivity contribution in [2.45, 2.75) is 23.7 Å². The maximum Gasteiger partial charge on any atom is 0.263 e. The van der Waals surface area contributed by atoms with Gasteiger partial charge in [-0.2, -0.15) is 0 Å². The van der Waals surface area contributed by atoms with Gasteiger partial charge in [0.2, 0.25) is 5.13 Å². The van der Waals surface area contributed by atoms with Gasteiger partial charge in [0.25, 0.3) is 10.0 Å². The summed E-state index contributed by atoms with van der Waals surface area (Å²) in [6.45, 7) is 0. The molecule has 20 heavy (non-hydrogen) atoms. The highest BCUT2D eigenvalue weighted by atomic mass is 32.2. The quantitative estimate of drug-likeness (QED) is 0.915. The molecular weight excluding hydrogens is 298 g/mol. The lowest BCUT2D eigenvalue weighted by atomic mass is 10.3. The van der Waals surface area contributed by atoms with Crippen LogP contribution in [0.15, 0.2) is 29.2 Å². The fraction of sp³-hybridized carbons (Fsp3) is 0.333. The van der Waals surface area contributed by atoms with Crippen molar-refractivity contribution in [1.82, 2.24) is 10.2 Å². The molecule has 1 fully saturated rings. The minimum Gasteiger partial charge on any atom is -0.497 e. The molecule has 1 aliphatic rings. The molecule has 0 atom stereocenters. The van der Waals surface area contributed by atoms with Crippen LogP contribution in [-0.2, 0) is 10.0 Å². The third-order valence-electron chi connectivity index (χ3n) is 2.96. The number of anilines is 1. The minimum atomic E-state index is -3.63. The van der Waals surface area contributed by atoms with E-state index in [2.05, 4.69) is 14.9 Å². The number of sulfonamides is 1. The van der Waals surface area contributed by atoms with Crippen molar-refractivity contribution in [1.29, 1.82) is 0 Å². The van der Waals surface area contributed by atoms with Crippen LogP contribution in [0.3, 0.4) is 0 Å². The third kappa shape index (κ3) is 2.75. The summed E-state index contributed by atoms with van der Waals surface area (Å²) in [5.41, 5.74) is 0. The lowest BCUT2D eigenvalue weighted by molar-refractivity contribution is 0.414. The molecule has 2 aromatic rings. The first-order valence-electron chi connectivity index (χ1n) is 6.09. The topological polar surface area (TPSA) is 81.2 Å². The molecule has 106 valence electrons. The number of benzene rings is 1. The van der Waals surface area contributed by atoms with E-state index < -0.39 is 10.0 Å². The van der Waals surface area contributed by atoms with Gasteiger partial charge < -0.3 is 4.74 Å². The highest BCUT2D eigenvalue weighted by Gasteiger charge is 2.28. The van der Waals surface area contributed by atoms with Gasteiger partial charge in [0, 0.05) is 5.92 Å². The number of methoxy groups -OCH3 is 1. The molecule has 0 bridgehead atoms.